The minimum Gasteiger partial charge on any atom is -0.463 e. The summed E-state index contributed by atoms with van der Waals surface area (Å²) >= 11 is 0. The molecule has 0 aliphatic rings. The second kappa shape index (κ2) is 11.7. The topological polar surface area (TPSA) is 26.3 Å². The van der Waals surface area contributed by atoms with E-state index in [0.29, 0.717) is 6.08 Å². The summed E-state index contributed by atoms with van der Waals surface area (Å²) in [5.41, 5.74) is 0. The highest BCUT2D eigenvalue weighted by molar-refractivity contribution is 5.81. The molecule has 0 aromatic heterocycles. The number of unbranched alkanes of at least 4 members (excludes halogenated alkanes) is 1. The van der Waals surface area contributed by atoms with Gasteiger partial charge in [-0.1, -0.05) is 6.58 Å². The van der Waals surface area contributed by atoms with E-state index in [9.17, 15) is 97.0 Å². The monoisotopic (exact) mass is 674 g/mol. The van der Waals surface area contributed by atoms with E-state index in [-0.39, 0.29) is 0 Å². The number of hydrogen-bond acceptors (Lipinski definition) is 2. The second-order valence-electron chi connectivity index (χ2n) is 8.52. The Morgan fingerprint density at radius 2 is 0.881 bits per heavy atom. The molecule has 0 atom stereocenters. The SMILES string of the molecule is C=CC(=O)OCCCCC(F)(F)C(F)(F)C(F)(F)C(F)(F)C(F)(F)CC(F)(F)CC(F)(F)C(F)(F)C(F)(F)C(F)(F)F. The van der Waals surface area contributed by atoms with Crippen LogP contribution in [0.15, 0.2) is 12.7 Å². The van der Waals surface area contributed by atoms with Gasteiger partial charge in [-0.05, 0) is 12.8 Å². The van der Waals surface area contributed by atoms with Crippen LogP contribution in [0.5, 0.6) is 0 Å². The van der Waals surface area contributed by atoms with Crippen LogP contribution in [0.4, 0.5) is 92.2 Å². The minimum atomic E-state index is -8.07. The number of carbonyl (C=O) groups excluding carboxylic acids is 1. The van der Waals surface area contributed by atoms with Crippen molar-refractivity contribution in [3.63, 3.8) is 0 Å². The number of rotatable bonds is 16. The molecule has 2 nitrogen and oxygen atoms in total. The largest absolute Gasteiger partial charge is 0.463 e. The van der Waals surface area contributed by atoms with Gasteiger partial charge < -0.3 is 4.74 Å². The number of halogens is 21. The zero-order chi connectivity index (χ0) is 34.2. The van der Waals surface area contributed by atoms with Gasteiger partial charge in [0, 0.05) is 12.5 Å². The van der Waals surface area contributed by atoms with E-state index in [1.54, 1.807) is 0 Å². The summed E-state index contributed by atoms with van der Waals surface area (Å²) < 4.78 is 284. The van der Waals surface area contributed by atoms with Crippen LogP contribution in [0.1, 0.15) is 32.1 Å². The van der Waals surface area contributed by atoms with Gasteiger partial charge >= 0.3 is 59.5 Å². The van der Waals surface area contributed by atoms with Gasteiger partial charge in [-0.15, -0.1) is 0 Å². The summed E-state index contributed by atoms with van der Waals surface area (Å²) in [7, 11) is 0. The first-order chi connectivity index (χ1) is 18.1. The molecular weight excluding hydrogens is 659 g/mol. The highest BCUT2D eigenvalue weighted by Gasteiger charge is 2.87. The van der Waals surface area contributed by atoms with Crippen molar-refractivity contribution in [2.45, 2.75) is 91.6 Å². The fourth-order valence-corrected chi connectivity index (χ4v) is 2.84. The lowest BCUT2D eigenvalue weighted by Gasteiger charge is -2.40. The summed E-state index contributed by atoms with van der Waals surface area (Å²) in [6, 6.07) is 0. The van der Waals surface area contributed by atoms with E-state index in [0.717, 1.165) is 0 Å². The molecule has 0 amide bonds. The summed E-state index contributed by atoms with van der Waals surface area (Å²) in [4.78, 5) is 10.7. The number of alkyl halides is 21. The third kappa shape index (κ3) is 7.26. The van der Waals surface area contributed by atoms with Gasteiger partial charge in [0.2, 0.25) is 0 Å². The Morgan fingerprint density at radius 3 is 1.24 bits per heavy atom. The Hall–Kier alpha value is -2.26. The van der Waals surface area contributed by atoms with Crippen LogP contribution in [0.25, 0.3) is 0 Å². The molecular formula is C19H15F21O2. The third-order valence-corrected chi connectivity index (χ3v) is 5.17. The fraction of sp³-hybridized carbons (Fsp3) is 0.842. The Kier molecular flexibility index (Phi) is 11.0. The summed E-state index contributed by atoms with van der Waals surface area (Å²) in [5.74, 6) is -68.7. The average Bonchev–Trinajstić information content (AvgIpc) is 2.75. The lowest BCUT2D eigenvalue weighted by atomic mass is 9.88. The van der Waals surface area contributed by atoms with E-state index in [4.69, 9.17) is 0 Å². The van der Waals surface area contributed by atoms with Crippen LogP contribution in [0.3, 0.4) is 0 Å². The molecule has 0 rings (SSSR count). The molecule has 0 aliphatic carbocycles. The van der Waals surface area contributed by atoms with Crippen molar-refractivity contribution in [1.82, 2.24) is 0 Å². The smallest absolute Gasteiger partial charge is 0.460 e. The quantitative estimate of drug-likeness (QED) is 0.0708. The van der Waals surface area contributed by atoms with Crippen LogP contribution in [0.2, 0.25) is 0 Å². The standard InChI is InChI=1S/C19H15F21O2/c1-2-9(41)42-6-4-3-5-11(22,23)14(28,29)17(34,35)15(30,31)12(24,25)7-10(20,21)8-13(26,27)16(32,33)18(36,37)19(38,39)40/h2H,1,3-8H2. The molecule has 0 aromatic rings. The number of carbonyl (C=O) groups is 1. The molecule has 0 aromatic carbocycles. The summed E-state index contributed by atoms with van der Waals surface area (Å²) in [6.45, 7) is 2.00. The first-order valence-electron chi connectivity index (χ1n) is 10.4. The van der Waals surface area contributed by atoms with Gasteiger partial charge in [0.1, 0.15) is 0 Å². The number of hydrogen-bond donors (Lipinski definition) is 0. The average molecular weight is 674 g/mol. The fourth-order valence-electron chi connectivity index (χ4n) is 2.84. The van der Waals surface area contributed by atoms with Crippen molar-refractivity contribution in [1.29, 1.82) is 0 Å². The molecule has 23 heteroatoms. The van der Waals surface area contributed by atoms with E-state index in [2.05, 4.69) is 11.3 Å². The van der Waals surface area contributed by atoms with Gasteiger partial charge in [-0.25, -0.2) is 13.6 Å². The Labute approximate surface area is 219 Å². The third-order valence-electron chi connectivity index (χ3n) is 5.17. The molecule has 0 bridgehead atoms. The molecule has 0 saturated heterocycles. The zero-order valence-electron chi connectivity index (χ0n) is 19.8. The molecule has 0 aliphatic heterocycles. The predicted octanol–water partition coefficient (Wildman–Crippen LogP) is 8.95. The summed E-state index contributed by atoms with van der Waals surface area (Å²) in [5, 5.41) is 0. The number of esters is 1. The van der Waals surface area contributed by atoms with Crippen molar-refractivity contribution in [2.24, 2.45) is 0 Å². The highest BCUT2D eigenvalue weighted by Crippen LogP contribution is 2.61. The molecule has 0 N–H and O–H groups in total. The van der Waals surface area contributed by atoms with Gasteiger partial charge in [-0.2, -0.15) is 83.4 Å². The lowest BCUT2D eigenvalue weighted by molar-refractivity contribution is -0.411. The number of ether oxygens (including phenoxy) is 1. The first kappa shape index (κ1) is 39.7. The van der Waals surface area contributed by atoms with E-state index < -0.39 is 104 Å². The zero-order valence-corrected chi connectivity index (χ0v) is 19.8. The van der Waals surface area contributed by atoms with Gasteiger partial charge in [0.25, 0.3) is 5.92 Å². The van der Waals surface area contributed by atoms with E-state index >= 15 is 0 Å². The molecule has 0 unspecified atom stereocenters. The van der Waals surface area contributed by atoms with Crippen molar-refractivity contribution in [2.75, 3.05) is 6.61 Å². The second-order valence-corrected chi connectivity index (χ2v) is 8.52. The van der Waals surface area contributed by atoms with Crippen LogP contribution >= 0.6 is 0 Å². The predicted molar refractivity (Wildman–Crippen MR) is 94.8 cm³/mol. The molecule has 0 spiro atoms. The normalized spacial score (nSPS) is 15.5. The molecule has 42 heavy (non-hydrogen) atoms. The highest BCUT2D eigenvalue weighted by atomic mass is 19.4. The van der Waals surface area contributed by atoms with Crippen molar-refractivity contribution >= 4 is 5.97 Å². The van der Waals surface area contributed by atoms with Crippen molar-refractivity contribution < 1.29 is 102 Å². The maximum absolute atomic E-state index is 13.8. The molecule has 250 valence electrons. The molecule has 0 heterocycles. The Bertz CT molecular complexity index is 950. The lowest BCUT2D eigenvalue weighted by Crippen LogP contribution is -2.68. The van der Waals surface area contributed by atoms with Crippen molar-refractivity contribution in [3.05, 3.63) is 12.7 Å². The van der Waals surface area contributed by atoms with Crippen molar-refractivity contribution in [3.8, 4) is 0 Å². The Morgan fingerprint density at radius 1 is 0.524 bits per heavy atom. The summed E-state index contributed by atoms with van der Waals surface area (Å²) in [6.07, 6.45) is -21.1. The van der Waals surface area contributed by atoms with E-state index in [1.807, 2.05) is 0 Å². The molecule has 0 saturated carbocycles. The first-order valence-corrected chi connectivity index (χ1v) is 10.4. The van der Waals surface area contributed by atoms with Gasteiger partial charge in [0.05, 0.1) is 19.4 Å². The maximum Gasteiger partial charge on any atom is 0.460 e. The maximum atomic E-state index is 13.8. The van der Waals surface area contributed by atoms with E-state index in [1.165, 1.54) is 0 Å². The molecule has 0 radical (unpaired) electrons. The minimum absolute atomic E-state index is 0.513. The van der Waals surface area contributed by atoms with Gasteiger partial charge in [0.15, 0.2) is 0 Å². The van der Waals surface area contributed by atoms with Crippen LogP contribution in [-0.4, -0.2) is 72.1 Å². The Balaban J connectivity index is 6.11. The van der Waals surface area contributed by atoms with Crippen LogP contribution < -0.4 is 0 Å². The van der Waals surface area contributed by atoms with Gasteiger partial charge in [-0.3, -0.25) is 0 Å². The van der Waals surface area contributed by atoms with Crippen LogP contribution in [0, 0.1) is 0 Å². The molecule has 0 fully saturated rings. The van der Waals surface area contributed by atoms with Crippen LogP contribution in [-0.2, 0) is 9.53 Å².